The van der Waals surface area contributed by atoms with Crippen LogP contribution in [-0.2, 0) is 68.8 Å². The van der Waals surface area contributed by atoms with Crippen molar-refractivity contribution in [1.82, 2.24) is 57.5 Å². The van der Waals surface area contributed by atoms with Crippen molar-refractivity contribution >= 4 is 70.0 Å². The average molecular weight is 1230 g/mol. The van der Waals surface area contributed by atoms with Crippen molar-refractivity contribution < 1.29 is 43.2 Å². The van der Waals surface area contributed by atoms with Crippen LogP contribution in [-0.4, -0.2) is 148 Å². The third kappa shape index (κ3) is 23.4. The average Bonchev–Trinajstić information content (AvgIpc) is 3.16. The van der Waals surface area contributed by atoms with E-state index in [0.29, 0.717) is 67.5 Å². The lowest BCUT2D eigenvalue weighted by molar-refractivity contribution is -0.136. The molecule has 482 valence electrons. The van der Waals surface area contributed by atoms with E-state index in [1.807, 2.05) is 31.2 Å². The number of amides is 9. The summed E-state index contributed by atoms with van der Waals surface area (Å²) in [5, 5.41) is 23.1. The molecule has 2 heterocycles. The summed E-state index contributed by atoms with van der Waals surface area (Å²) in [5.74, 6) is -7.27. The maximum absolute atomic E-state index is 14.9. The second kappa shape index (κ2) is 36.8. The summed E-state index contributed by atoms with van der Waals surface area (Å²) in [4.78, 5) is 142. The van der Waals surface area contributed by atoms with Crippen molar-refractivity contribution in [2.45, 2.75) is 159 Å². The van der Waals surface area contributed by atoms with Crippen LogP contribution in [0.3, 0.4) is 0 Å². The number of hydrogen-bond donors (Lipinski definition) is 16. The van der Waals surface area contributed by atoms with E-state index in [9.17, 15) is 43.2 Å². The first kappa shape index (κ1) is 70.6. The van der Waals surface area contributed by atoms with E-state index in [0.717, 1.165) is 10.9 Å². The Morgan fingerprint density at radius 3 is 1.51 bits per heavy atom. The standard InChI is InChI=1S/C62H90N18O9/c1-4-37(2)52(80-60(88)49(31-40-20-9-6-10-21-40)77-58(86)50(32-41-34-71-45-24-12-11-22-43(41)45)76-54(82)44(65)23-17-29-70-62(67)68)61(89)79-48(30-39-18-7-5-8-19-39)57(85)78-51(33-42-35-69-36-72-42)59(87)75-47(26-14-16-28-64)56(84)74-46(25-13-15-27-63)55(83)73-38(3)53(66)81/h5-12,18-22,24,34-38,44,46-52,71H,4,13-17,23,25-33,63-65H2,1-3H3,(H2,66,81)(H,69,72)(H,73,83)(H,74,84)(H,75,87)(H,76,82)(H,77,86)(H,78,85)(H,79,89)(H,80,88)(H4,67,68,70)/t37-,38-,44-,46-,47-,48+,49+,50+,51-,52-/m0/s1. The number of hydrogen-bond acceptors (Lipinski definition) is 14. The van der Waals surface area contributed by atoms with Gasteiger partial charge in [-0.2, -0.15) is 0 Å². The number of rotatable bonds is 39. The molecule has 0 aliphatic rings. The number of aliphatic imine (C=N–C) groups is 1. The predicted octanol–water partition coefficient (Wildman–Crippen LogP) is -0.770. The largest absolute Gasteiger partial charge is 0.370 e. The molecule has 0 radical (unpaired) electrons. The zero-order valence-electron chi connectivity index (χ0n) is 50.9. The first-order valence-electron chi connectivity index (χ1n) is 30.2. The van der Waals surface area contributed by atoms with Crippen LogP contribution in [0, 0.1) is 5.92 Å². The lowest BCUT2D eigenvalue weighted by Gasteiger charge is -2.30. The van der Waals surface area contributed by atoms with E-state index < -0.39 is 113 Å². The molecular formula is C62H90N18O9. The number of benzene rings is 3. The summed E-state index contributed by atoms with van der Waals surface area (Å²) in [6.07, 6.45) is 7.32. The number of para-hydroxylation sites is 1. The molecule has 0 saturated carbocycles. The molecule has 0 saturated heterocycles. The van der Waals surface area contributed by atoms with Gasteiger partial charge < -0.3 is 86.9 Å². The van der Waals surface area contributed by atoms with Crippen molar-refractivity contribution in [3.8, 4) is 0 Å². The maximum atomic E-state index is 14.9. The molecule has 5 aromatic rings. The van der Waals surface area contributed by atoms with Crippen LogP contribution < -0.4 is 76.9 Å². The van der Waals surface area contributed by atoms with Gasteiger partial charge in [0, 0.05) is 61.2 Å². The molecule has 89 heavy (non-hydrogen) atoms. The number of nitrogens with one attached hydrogen (secondary N) is 10. The molecule has 0 bridgehead atoms. The van der Waals surface area contributed by atoms with E-state index in [-0.39, 0.29) is 64.0 Å². The normalized spacial score (nSPS) is 14.5. The molecule has 0 aliphatic heterocycles. The molecule has 2 aromatic heterocycles. The molecule has 27 nitrogen and oxygen atoms in total. The van der Waals surface area contributed by atoms with Gasteiger partial charge in [0.2, 0.25) is 53.2 Å². The molecule has 0 fully saturated rings. The number of aromatic amines is 2. The lowest BCUT2D eigenvalue weighted by Crippen LogP contribution is -2.62. The lowest BCUT2D eigenvalue weighted by atomic mass is 9.96. The minimum Gasteiger partial charge on any atom is -0.370 e. The summed E-state index contributed by atoms with van der Waals surface area (Å²) in [5.41, 5.74) is 37.5. The van der Waals surface area contributed by atoms with E-state index in [2.05, 4.69) is 62.5 Å². The first-order chi connectivity index (χ1) is 42.7. The highest BCUT2D eigenvalue weighted by molar-refractivity contribution is 5.99. The maximum Gasteiger partial charge on any atom is 0.243 e. The number of guanidine groups is 1. The van der Waals surface area contributed by atoms with Crippen LogP contribution in [0.4, 0.5) is 0 Å². The van der Waals surface area contributed by atoms with Crippen LogP contribution in [0.1, 0.15) is 101 Å². The highest BCUT2D eigenvalue weighted by Gasteiger charge is 2.37. The van der Waals surface area contributed by atoms with Gasteiger partial charge in [0.05, 0.1) is 12.4 Å². The van der Waals surface area contributed by atoms with Gasteiger partial charge in [0.1, 0.15) is 48.3 Å². The van der Waals surface area contributed by atoms with Gasteiger partial charge in [-0.15, -0.1) is 0 Å². The number of imidazole rings is 1. The number of primary amides is 1. The number of unbranched alkanes of at least 4 members (excludes halogenated alkanes) is 2. The monoisotopic (exact) mass is 1230 g/mol. The van der Waals surface area contributed by atoms with Gasteiger partial charge >= 0.3 is 0 Å². The number of carbonyl (C=O) groups is 9. The number of fused-ring (bicyclic) bond motifs is 1. The molecule has 0 unspecified atom stereocenters. The molecule has 9 amide bonds. The highest BCUT2D eigenvalue weighted by atomic mass is 16.2. The summed E-state index contributed by atoms with van der Waals surface area (Å²) < 4.78 is 0. The van der Waals surface area contributed by atoms with Crippen LogP contribution in [0.25, 0.3) is 10.9 Å². The Hall–Kier alpha value is -9.21. The van der Waals surface area contributed by atoms with Gasteiger partial charge in [0.25, 0.3) is 0 Å². The smallest absolute Gasteiger partial charge is 0.243 e. The first-order valence-corrected chi connectivity index (χ1v) is 30.2. The Kier molecular flexibility index (Phi) is 29.2. The SMILES string of the molecule is CC[C@H](C)[C@H](NC(=O)[C@@H](Cc1ccccc1)NC(=O)[C@@H](Cc1c[nH]c2ccccc12)NC(=O)[C@@H](N)CCCN=C(N)N)C(=O)N[C@H](Cc1ccccc1)C(=O)N[C@@H](Cc1cnc[nH]1)C(=O)N[C@@H](CCCCN)C(=O)N[C@@H](CCCCN)C(=O)N[C@@H](C)C(N)=O. The Morgan fingerprint density at radius 1 is 0.517 bits per heavy atom. The zero-order valence-corrected chi connectivity index (χ0v) is 50.9. The van der Waals surface area contributed by atoms with Gasteiger partial charge in [0.15, 0.2) is 5.96 Å². The summed E-state index contributed by atoms with van der Waals surface area (Å²) in [6.45, 7) is 5.81. The van der Waals surface area contributed by atoms with E-state index >= 15 is 0 Å². The van der Waals surface area contributed by atoms with Crippen molar-refractivity contribution in [3.05, 3.63) is 126 Å². The van der Waals surface area contributed by atoms with Crippen LogP contribution >= 0.6 is 0 Å². The molecule has 0 spiro atoms. The van der Waals surface area contributed by atoms with Gasteiger partial charge in [-0.1, -0.05) is 99.1 Å². The van der Waals surface area contributed by atoms with E-state index in [1.54, 1.807) is 73.8 Å². The number of carbonyl (C=O) groups excluding carboxylic acids is 9. The predicted molar refractivity (Wildman–Crippen MR) is 338 cm³/mol. The van der Waals surface area contributed by atoms with Gasteiger partial charge in [-0.25, -0.2) is 4.98 Å². The van der Waals surface area contributed by atoms with Gasteiger partial charge in [-0.3, -0.25) is 48.1 Å². The quantitative estimate of drug-likeness (QED) is 0.0131. The van der Waals surface area contributed by atoms with Crippen molar-refractivity contribution in [2.75, 3.05) is 19.6 Å². The fourth-order valence-electron chi connectivity index (χ4n) is 9.82. The van der Waals surface area contributed by atoms with E-state index in [4.69, 9.17) is 34.4 Å². The molecule has 3 aromatic carbocycles. The second-order valence-electron chi connectivity index (χ2n) is 22.2. The fourth-order valence-corrected chi connectivity index (χ4v) is 9.82. The van der Waals surface area contributed by atoms with Crippen molar-refractivity contribution in [1.29, 1.82) is 0 Å². The molecule has 0 aliphatic carbocycles. The number of nitrogens with zero attached hydrogens (tertiary/aromatic N) is 2. The highest BCUT2D eigenvalue weighted by Crippen LogP contribution is 2.20. The third-order valence-electron chi connectivity index (χ3n) is 15.2. The fraction of sp³-hybridized carbons (Fsp3) is 0.468. The number of H-pyrrole nitrogens is 2. The Labute approximate surface area is 518 Å². The number of aromatic nitrogens is 3. The minimum absolute atomic E-state index is 0.00339. The molecular weight excluding hydrogens is 1140 g/mol. The molecule has 10 atom stereocenters. The van der Waals surface area contributed by atoms with Crippen molar-refractivity contribution in [2.24, 2.45) is 45.3 Å². The molecule has 27 heteroatoms. The topological polar surface area (TPSA) is 463 Å². The summed E-state index contributed by atoms with van der Waals surface area (Å²) in [6, 6.07) is 14.0. The zero-order chi connectivity index (χ0) is 64.8. The Bertz CT molecular complexity index is 3100. The van der Waals surface area contributed by atoms with Crippen LogP contribution in [0.5, 0.6) is 0 Å². The Morgan fingerprint density at radius 2 is 0.989 bits per heavy atom. The molecule has 22 N–H and O–H groups in total. The Balaban J connectivity index is 1.43. The van der Waals surface area contributed by atoms with Crippen LogP contribution in [0.2, 0.25) is 0 Å². The number of nitrogens with two attached hydrogens (primary N) is 6. The van der Waals surface area contributed by atoms with E-state index in [1.165, 1.54) is 19.4 Å². The summed E-state index contributed by atoms with van der Waals surface area (Å²) in [7, 11) is 0. The minimum atomic E-state index is -1.40. The third-order valence-corrected chi connectivity index (χ3v) is 15.2. The van der Waals surface area contributed by atoms with Crippen molar-refractivity contribution in [3.63, 3.8) is 0 Å². The summed E-state index contributed by atoms with van der Waals surface area (Å²) >= 11 is 0. The molecule has 5 rings (SSSR count). The van der Waals surface area contributed by atoms with Crippen LogP contribution in [0.15, 0.2) is 109 Å². The van der Waals surface area contributed by atoms with Gasteiger partial charge in [-0.05, 0) is 100 Å². The second-order valence-corrected chi connectivity index (χ2v) is 22.2.